The minimum Gasteiger partial charge on any atom is -0.367 e. The maximum absolute atomic E-state index is 12.8. The topological polar surface area (TPSA) is 94.0 Å². The van der Waals surface area contributed by atoms with Crippen molar-refractivity contribution in [3.63, 3.8) is 0 Å². The van der Waals surface area contributed by atoms with Crippen molar-refractivity contribution < 1.29 is 9.72 Å². The molecule has 2 saturated heterocycles. The lowest BCUT2D eigenvalue weighted by Crippen LogP contribution is -2.45. The Morgan fingerprint density at radius 3 is 2.33 bits per heavy atom. The molecule has 2 aliphatic heterocycles. The largest absolute Gasteiger partial charge is 0.367 e. The molecule has 9 nitrogen and oxygen atoms in total. The second-order valence-corrected chi connectivity index (χ2v) is 8.78. The number of piperazine rings is 1. The molecule has 0 spiro atoms. The van der Waals surface area contributed by atoms with E-state index in [2.05, 4.69) is 27.5 Å². The van der Waals surface area contributed by atoms with Gasteiger partial charge in [-0.3, -0.25) is 20.2 Å². The minimum absolute atomic E-state index is 0.0659. The number of amides is 1. The molecule has 10 heteroatoms. The van der Waals surface area contributed by atoms with Crippen molar-refractivity contribution >= 4 is 46.0 Å². The quantitative estimate of drug-likeness (QED) is 0.393. The van der Waals surface area contributed by atoms with Crippen molar-refractivity contribution in [2.45, 2.75) is 12.8 Å². The van der Waals surface area contributed by atoms with Crippen molar-refractivity contribution in [1.82, 2.24) is 10.2 Å². The summed E-state index contributed by atoms with van der Waals surface area (Å²) < 4.78 is 0. The molecule has 2 fully saturated rings. The van der Waals surface area contributed by atoms with Crippen molar-refractivity contribution in [2.24, 2.45) is 0 Å². The zero-order valence-electron chi connectivity index (χ0n) is 18.6. The number of carbonyl (C=O) groups excluding carboxylic acids is 1. The maximum Gasteiger partial charge on any atom is 0.293 e. The van der Waals surface area contributed by atoms with Gasteiger partial charge in [0, 0.05) is 50.9 Å². The van der Waals surface area contributed by atoms with Crippen LogP contribution in [-0.4, -0.2) is 67.2 Å². The lowest BCUT2D eigenvalue weighted by Gasteiger charge is -2.35. The molecule has 2 N–H and O–H groups in total. The van der Waals surface area contributed by atoms with Crippen LogP contribution in [0, 0.1) is 10.1 Å². The van der Waals surface area contributed by atoms with Crippen LogP contribution in [-0.2, 0) is 0 Å². The maximum atomic E-state index is 12.8. The summed E-state index contributed by atoms with van der Waals surface area (Å²) >= 11 is 5.38. The smallest absolute Gasteiger partial charge is 0.293 e. The van der Waals surface area contributed by atoms with Crippen LogP contribution in [0.25, 0.3) is 0 Å². The van der Waals surface area contributed by atoms with Gasteiger partial charge in [0.25, 0.3) is 11.6 Å². The van der Waals surface area contributed by atoms with Gasteiger partial charge in [-0.1, -0.05) is 12.1 Å². The third-order valence-corrected chi connectivity index (χ3v) is 6.31. The fourth-order valence-corrected chi connectivity index (χ4v) is 4.47. The Hall–Kier alpha value is -3.24. The molecular formula is C23H28N6O3S. The Morgan fingerprint density at radius 1 is 0.970 bits per heavy atom. The molecule has 4 rings (SSSR count). The van der Waals surface area contributed by atoms with E-state index in [1.165, 1.54) is 6.07 Å². The number of nitro groups is 1. The van der Waals surface area contributed by atoms with Crippen molar-refractivity contribution in [2.75, 3.05) is 61.4 Å². The monoisotopic (exact) mass is 468 g/mol. The molecule has 0 atom stereocenters. The Balaban J connectivity index is 1.45. The summed E-state index contributed by atoms with van der Waals surface area (Å²) in [5, 5.41) is 17.5. The number of likely N-dealkylation sites (N-methyl/N-ethyl adjacent to an activating group) is 1. The molecule has 0 bridgehead atoms. The summed E-state index contributed by atoms with van der Waals surface area (Å²) in [7, 11) is 2.11. The van der Waals surface area contributed by atoms with Gasteiger partial charge in [0.1, 0.15) is 5.69 Å². The first-order valence-electron chi connectivity index (χ1n) is 11.1. The molecule has 2 aliphatic rings. The fourth-order valence-electron chi connectivity index (χ4n) is 4.27. The van der Waals surface area contributed by atoms with Gasteiger partial charge in [0.2, 0.25) is 0 Å². The van der Waals surface area contributed by atoms with Crippen LogP contribution in [0.4, 0.5) is 22.7 Å². The van der Waals surface area contributed by atoms with E-state index in [-0.39, 0.29) is 16.4 Å². The van der Waals surface area contributed by atoms with E-state index in [0.29, 0.717) is 5.69 Å². The highest BCUT2D eigenvalue weighted by atomic mass is 32.1. The van der Waals surface area contributed by atoms with Crippen LogP contribution in [0.2, 0.25) is 0 Å². The van der Waals surface area contributed by atoms with Crippen LogP contribution in [0.5, 0.6) is 0 Å². The van der Waals surface area contributed by atoms with Gasteiger partial charge < -0.3 is 20.0 Å². The summed E-state index contributed by atoms with van der Waals surface area (Å²) in [4.78, 5) is 30.5. The van der Waals surface area contributed by atoms with E-state index in [9.17, 15) is 14.9 Å². The van der Waals surface area contributed by atoms with Crippen molar-refractivity contribution in [3.8, 4) is 0 Å². The lowest BCUT2D eigenvalue weighted by atomic mass is 10.1. The van der Waals surface area contributed by atoms with Gasteiger partial charge in [-0.05, 0) is 56.4 Å². The number of hydrogen-bond donors (Lipinski definition) is 2. The summed E-state index contributed by atoms with van der Waals surface area (Å²) in [5.41, 5.74) is 2.51. The van der Waals surface area contributed by atoms with Gasteiger partial charge in [-0.25, -0.2) is 0 Å². The molecule has 2 aromatic rings. The van der Waals surface area contributed by atoms with Crippen LogP contribution in [0.1, 0.15) is 23.2 Å². The number of nitrogens with zero attached hydrogens (tertiary/aromatic N) is 4. The Labute approximate surface area is 198 Å². The number of hydrogen-bond acceptors (Lipinski definition) is 7. The molecule has 1 amide bonds. The van der Waals surface area contributed by atoms with Crippen LogP contribution in [0.15, 0.2) is 42.5 Å². The Morgan fingerprint density at radius 2 is 1.64 bits per heavy atom. The molecule has 0 aromatic heterocycles. The summed E-state index contributed by atoms with van der Waals surface area (Å²) in [5.74, 6) is -0.486. The first-order valence-corrected chi connectivity index (χ1v) is 11.5. The lowest BCUT2D eigenvalue weighted by molar-refractivity contribution is -0.384. The molecule has 2 aromatic carbocycles. The van der Waals surface area contributed by atoms with Crippen LogP contribution >= 0.6 is 12.2 Å². The molecule has 0 unspecified atom stereocenters. The SMILES string of the molecule is CN1CCN(c2ccccc2NC(=S)NC(=O)c2ccc(N3CCCC3)c([N+](=O)[O-])c2)CC1. The molecule has 33 heavy (non-hydrogen) atoms. The predicted octanol–water partition coefficient (Wildman–Crippen LogP) is 3.07. The van der Waals surface area contributed by atoms with E-state index in [1.54, 1.807) is 12.1 Å². The number of carbonyl (C=O) groups is 1. The number of nitro benzene ring substituents is 1. The standard InChI is InChI=1S/C23H28N6O3S/c1-26-12-14-28(15-13-26)19-7-3-2-6-18(19)24-23(33)25-22(30)17-8-9-20(21(16-17)29(31)32)27-10-4-5-11-27/h2-3,6-9,16H,4-5,10-15H2,1H3,(H2,24,25,30,33). The number of thiocarbonyl (C=S) groups is 1. The summed E-state index contributed by atoms with van der Waals surface area (Å²) in [6, 6.07) is 12.4. The van der Waals surface area contributed by atoms with Crippen molar-refractivity contribution in [3.05, 3.63) is 58.1 Å². The first kappa shape index (κ1) is 22.9. The summed E-state index contributed by atoms with van der Waals surface area (Å²) in [6.45, 7) is 5.33. The van der Waals surface area contributed by atoms with Gasteiger partial charge in [-0.15, -0.1) is 0 Å². The van der Waals surface area contributed by atoms with Gasteiger partial charge >= 0.3 is 0 Å². The molecule has 2 heterocycles. The summed E-state index contributed by atoms with van der Waals surface area (Å²) in [6.07, 6.45) is 2.02. The number of benzene rings is 2. The number of anilines is 3. The second-order valence-electron chi connectivity index (χ2n) is 8.37. The fraction of sp³-hybridized carbons (Fsp3) is 0.391. The highest BCUT2D eigenvalue weighted by Gasteiger charge is 2.24. The highest BCUT2D eigenvalue weighted by molar-refractivity contribution is 7.80. The van der Waals surface area contributed by atoms with E-state index >= 15 is 0 Å². The van der Waals surface area contributed by atoms with Crippen molar-refractivity contribution in [1.29, 1.82) is 0 Å². The molecule has 0 aliphatic carbocycles. The highest BCUT2D eigenvalue weighted by Crippen LogP contribution is 2.32. The van der Waals surface area contributed by atoms with Gasteiger partial charge in [0.05, 0.1) is 16.3 Å². The molecular weight excluding hydrogens is 440 g/mol. The minimum atomic E-state index is -0.486. The molecule has 0 radical (unpaired) electrons. The second kappa shape index (κ2) is 10.1. The predicted molar refractivity (Wildman–Crippen MR) is 134 cm³/mol. The van der Waals surface area contributed by atoms with Crippen LogP contribution < -0.4 is 20.4 Å². The Kier molecular flexibility index (Phi) is 7.05. The average Bonchev–Trinajstić information content (AvgIpc) is 3.34. The van der Waals surface area contributed by atoms with E-state index < -0.39 is 10.8 Å². The normalized spacial score (nSPS) is 16.5. The van der Waals surface area contributed by atoms with E-state index in [4.69, 9.17) is 12.2 Å². The number of nitrogens with one attached hydrogen (secondary N) is 2. The third kappa shape index (κ3) is 5.40. The van der Waals surface area contributed by atoms with E-state index in [1.807, 2.05) is 29.2 Å². The average molecular weight is 469 g/mol. The molecule has 174 valence electrons. The van der Waals surface area contributed by atoms with Gasteiger partial charge in [-0.2, -0.15) is 0 Å². The first-order chi connectivity index (χ1) is 15.9. The third-order valence-electron chi connectivity index (χ3n) is 6.10. The number of para-hydroxylation sites is 2. The zero-order valence-corrected chi connectivity index (χ0v) is 19.4. The Bertz CT molecular complexity index is 1050. The molecule has 0 saturated carbocycles. The number of rotatable bonds is 5. The van der Waals surface area contributed by atoms with E-state index in [0.717, 1.165) is 63.5 Å². The van der Waals surface area contributed by atoms with Gasteiger partial charge in [0.15, 0.2) is 5.11 Å². The zero-order chi connectivity index (χ0) is 23.4. The van der Waals surface area contributed by atoms with Crippen LogP contribution in [0.3, 0.4) is 0 Å².